The molecule has 0 aliphatic carbocycles. The molecule has 22 heavy (non-hydrogen) atoms. The molecule has 1 fully saturated rings. The molecule has 0 aromatic carbocycles. The predicted octanol–water partition coefficient (Wildman–Crippen LogP) is 2.98. The van der Waals surface area contributed by atoms with Crippen molar-refractivity contribution in [1.82, 2.24) is 20.0 Å². The van der Waals surface area contributed by atoms with E-state index in [4.69, 9.17) is 4.99 Å². The highest BCUT2D eigenvalue weighted by Gasteiger charge is 2.26. The number of aromatic nitrogens is 2. The smallest absolute Gasteiger partial charge is 0.193 e. The van der Waals surface area contributed by atoms with Crippen LogP contribution >= 0.6 is 24.0 Å². The third-order valence-electron chi connectivity index (χ3n) is 4.04. The van der Waals surface area contributed by atoms with Crippen molar-refractivity contribution in [3.05, 3.63) is 18.0 Å². The van der Waals surface area contributed by atoms with Gasteiger partial charge in [0, 0.05) is 45.3 Å². The van der Waals surface area contributed by atoms with Crippen molar-refractivity contribution in [3.8, 4) is 0 Å². The molecule has 0 radical (unpaired) electrons. The van der Waals surface area contributed by atoms with Gasteiger partial charge in [-0.1, -0.05) is 19.8 Å². The van der Waals surface area contributed by atoms with E-state index in [1.807, 2.05) is 17.9 Å². The van der Waals surface area contributed by atoms with Gasteiger partial charge in [0.05, 0.1) is 6.20 Å². The Balaban J connectivity index is 0.00000242. The van der Waals surface area contributed by atoms with Crippen molar-refractivity contribution in [2.75, 3.05) is 26.2 Å². The Morgan fingerprint density at radius 1 is 1.41 bits per heavy atom. The van der Waals surface area contributed by atoms with Crippen molar-refractivity contribution >= 4 is 29.9 Å². The summed E-state index contributed by atoms with van der Waals surface area (Å²) in [4.78, 5) is 7.17. The first-order valence-corrected chi connectivity index (χ1v) is 8.26. The van der Waals surface area contributed by atoms with Crippen molar-refractivity contribution < 1.29 is 0 Å². The molecule has 0 saturated carbocycles. The SMILES string of the molecule is CCCCCN=C(NCC)N1CCC(c2cnn(C)c2)C1.I. The fourth-order valence-corrected chi connectivity index (χ4v) is 2.85. The van der Waals surface area contributed by atoms with Crippen molar-refractivity contribution in [3.63, 3.8) is 0 Å². The topological polar surface area (TPSA) is 45.5 Å². The van der Waals surface area contributed by atoms with Crippen LogP contribution in [-0.2, 0) is 7.05 Å². The van der Waals surface area contributed by atoms with Crippen molar-refractivity contribution in [1.29, 1.82) is 0 Å². The lowest BCUT2D eigenvalue weighted by Gasteiger charge is -2.21. The maximum absolute atomic E-state index is 4.78. The second-order valence-corrected chi connectivity index (χ2v) is 5.82. The van der Waals surface area contributed by atoms with Gasteiger partial charge in [-0.25, -0.2) is 0 Å². The average Bonchev–Trinajstić information content (AvgIpc) is 3.11. The van der Waals surface area contributed by atoms with Gasteiger partial charge in [-0.3, -0.25) is 9.67 Å². The summed E-state index contributed by atoms with van der Waals surface area (Å²) < 4.78 is 1.89. The van der Waals surface area contributed by atoms with Gasteiger partial charge in [-0.05, 0) is 25.3 Å². The van der Waals surface area contributed by atoms with Crippen LogP contribution in [0.25, 0.3) is 0 Å². The third-order valence-corrected chi connectivity index (χ3v) is 4.04. The highest BCUT2D eigenvalue weighted by atomic mass is 127. The molecule has 1 unspecified atom stereocenters. The Bertz CT molecular complexity index is 457. The average molecular weight is 419 g/mol. The molecule has 1 atom stereocenters. The summed E-state index contributed by atoms with van der Waals surface area (Å²) in [6.45, 7) is 8.36. The maximum Gasteiger partial charge on any atom is 0.193 e. The normalized spacial score (nSPS) is 18.4. The first-order chi connectivity index (χ1) is 10.2. The fourth-order valence-electron chi connectivity index (χ4n) is 2.85. The molecule has 126 valence electrons. The summed E-state index contributed by atoms with van der Waals surface area (Å²) in [7, 11) is 1.98. The second-order valence-electron chi connectivity index (χ2n) is 5.82. The zero-order valence-electron chi connectivity index (χ0n) is 14.1. The minimum Gasteiger partial charge on any atom is -0.357 e. The van der Waals surface area contributed by atoms with E-state index in [1.54, 1.807) is 0 Å². The van der Waals surface area contributed by atoms with E-state index in [9.17, 15) is 0 Å². The highest BCUT2D eigenvalue weighted by Crippen LogP contribution is 2.26. The van der Waals surface area contributed by atoms with Crippen LogP contribution in [-0.4, -0.2) is 46.8 Å². The zero-order valence-corrected chi connectivity index (χ0v) is 16.4. The maximum atomic E-state index is 4.78. The predicted molar refractivity (Wildman–Crippen MR) is 103 cm³/mol. The first-order valence-electron chi connectivity index (χ1n) is 8.26. The van der Waals surface area contributed by atoms with Crippen LogP contribution in [0.1, 0.15) is 51.0 Å². The van der Waals surface area contributed by atoms with Gasteiger partial charge >= 0.3 is 0 Å². The molecule has 5 nitrogen and oxygen atoms in total. The van der Waals surface area contributed by atoms with E-state index in [2.05, 4.69) is 35.4 Å². The van der Waals surface area contributed by atoms with E-state index in [0.717, 1.165) is 32.1 Å². The summed E-state index contributed by atoms with van der Waals surface area (Å²) in [5, 5.41) is 7.72. The third kappa shape index (κ3) is 5.44. The largest absolute Gasteiger partial charge is 0.357 e. The number of unbranched alkanes of at least 4 members (excludes halogenated alkanes) is 2. The molecule has 0 amide bonds. The molecule has 1 saturated heterocycles. The van der Waals surface area contributed by atoms with Gasteiger partial charge in [0.25, 0.3) is 0 Å². The van der Waals surface area contributed by atoms with Gasteiger partial charge in [0.2, 0.25) is 0 Å². The minimum atomic E-state index is 0. The van der Waals surface area contributed by atoms with E-state index < -0.39 is 0 Å². The summed E-state index contributed by atoms with van der Waals surface area (Å²) in [6, 6.07) is 0. The Kier molecular flexibility index (Phi) is 8.82. The molecule has 0 bridgehead atoms. The Morgan fingerprint density at radius 2 is 2.23 bits per heavy atom. The quantitative estimate of drug-likeness (QED) is 0.334. The van der Waals surface area contributed by atoms with Crippen molar-refractivity contribution in [2.45, 2.75) is 45.4 Å². The molecular weight excluding hydrogens is 389 g/mol. The van der Waals surface area contributed by atoms with Gasteiger partial charge in [-0.15, -0.1) is 24.0 Å². The number of nitrogens with one attached hydrogen (secondary N) is 1. The van der Waals surface area contributed by atoms with Crippen LogP contribution in [0.3, 0.4) is 0 Å². The van der Waals surface area contributed by atoms with E-state index in [-0.39, 0.29) is 24.0 Å². The molecule has 1 aromatic heterocycles. The van der Waals surface area contributed by atoms with Crippen molar-refractivity contribution in [2.24, 2.45) is 12.0 Å². The molecule has 1 aliphatic heterocycles. The molecular formula is C16H30IN5. The number of nitrogens with zero attached hydrogens (tertiary/aromatic N) is 4. The van der Waals surface area contributed by atoms with E-state index in [1.165, 1.54) is 31.2 Å². The summed E-state index contributed by atoms with van der Waals surface area (Å²) in [5.74, 6) is 1.66. The summed E-state index contributed by atoms with van der Waals surface area (Å²) in [5.41, 5.74) is 1.35. The fraction of sp³-hybridized carbons (Fsp3) is 0.750. The Labute approximate surface area is 151 Å². The molecule has 0 spiro atoms. The molecule has 2 heterocycles. The first kappa shape index (κ1) is 19.3. The van der Waals surface area contributed by atoms with Crippen LogP contribution in [0.15, 0.2) is 17.4 Å². The Morgan fingerprint density at radius 3 is 2.86 bits per heavy atom. The van der Waals surface area contributed by atoms with Crippen LogP contribution in [0.2, 0.25) is 0 Å². The number of halogens is 1. The molecule has 6 heteroatoms. The number of likely N-dealkylation sites (tertiary alicyclic amines) is 1. The zero-order chi connectivity index (χ0) is 15.1. The molecule has 1 N–H and O–H groups in total. The van der Waals surface area contributed by atoms with Crippen LogP contribution in [0.5, 0.6) is 0 Å². The number of aryl methyl sites for hydroxylation is 1. The number of rotatable bonds is 6. The van der Waals surface area contributed by atoms with Crippen LogP contribution in [0.4, 0.5) is 0 Å². The lowest BCUT2D eigenvalue weighted by atomic mass is 10.0. The minimum absolute atomic E-state index is 0. The molecule has 2 rings (SSSR count). The standard InChI is InChI=1S/C16H29N5.HI/c1-4-6-7-9-18-16(17-5-2)21-10-8-14(13-21)15-11-19-20(3)12-15;/h11-12,14H,4-10,13H2,1-3H3,(H,17,18);1H. The van der Waals surface area contributed by atoms with Gasteiger partial charge < -0.3 is 10.2 Å². The van der Waals surface area contributed by atoms with Crippen LogP contribution < -0.4 is 5.32 Å². The summed E-state index contributed by atoms with van der Waals surface area (Å²) >= 11 is 0. The van der Waals surface area contributed by atoms with E-state index >= 15 is 0 Å². The van der Waals surface area contributed by atoms with Crippen LogP contribution in [0, 0.1) is 0 Å². The monoisotopic (exact) mass is 419 g/mol. The Hall–Kier alpha value is -0.790. The van der Waals surface area contributed by atoms with Gasteiger partial charge in [-0.2, -0.15) is 5.10 Å². The highest BCUT2D eigenvalue weighted by molar-refractivity contribution is 14.0. The van der Waals surface area contributed by atoms with Gasteiger partial charge in [0.1, 0.15) is 0 Å². The lowest BCUT2D eigenvalue weighted by molar-refractivity contribution is 0.485. The summed E-state index contributed by atoms with van der Waals surface area (Å²) in [6.07, 6.45) is 9.02. The number of guanidine groups is 1. The molecule has 1 aromatic rings. The lowest BCUT2D eigenvalue weighted by Crippen LogP contribution is -2.40. The van der Waals surface area contributed by atoms with Gasteiger partial charge in [0.15, 0.2) is 5.96 Å². The number of hydrogen-bond acceptors (Lipinski definition) is 2. The molecule has 1 aliphatic rings. The number of hydrogen-bond donors (Lipinski definition) is 1. The van der Waals surface area contributed by atoms with E-state index in [0.29, 0.717) is 5.92 Å². The second kappa shape index (κ2) is 10.1. The number of aliphatic imine (C=N–C) groups is 1.